The van der Waals surface area contributed by atoms with Gasteiger partial charge in [-0.1, -0.05) is 41.9 Å². The molecular weight excluding hydrogens is 658 g/mol. The number of aromatic nitrogens is 3. The van der Waals surface area contributed by atoms with Crippen molar-refractivity contribution in [2.45, 2.75) is 24.5 Å². The quantitative estimate of drug-likeness (QED) is 0.143. The fraction of sp³-hybridized carbons (Fsp3) is 0.212. The Morgan fingerprint density at radius 2 is 1.92 bits per heavy atom. The first-order valence-corrected chi connectivity index (χ1v) is 14.7. The molecule has 0 aliphatic carbocycles. The second-order valence-electron chi connectivity index (χ2n) is 11.4. The summed E-state index contributed by atoms with van der Waals surface area (Å²) in [4.78, 5) is 30.8. The first kappa shape index (κ1) is 32.7. The molecule has 4 N–H and O–H groups in total. The number of fused-ring (bicyclic) bond motifs is 2. The summed E-state index contributed by atoms with van der Waals surface area (Å²) in [5.74, 6) is -3.95. The molecule has 1 aliphatic heterocycles. The lowest BCUT2D eigenvalue weighted by Crippen LogP contribution is -2.43. The van der Waals surface area contributed by atoms with Gasteiger partial charge in [-0.15, -0.1) is 0 Å². The number of pyridine rings is 1. The highest BCUT2D eigenvalue weighted by Gasteiger charge is 2.46. The first-order chi connectivity index (χ1) is 22.8. The van der Waals surface area contributed by atoms with Crippen LogP contribution >= 0.6 is 11.6 Å². The van der Waals surface area contributed by atoms with Crippen LogP contribution in [-0.2, 0) is 15.8 Å². The van der Waals surface area contributed by atoms with Crippen molar-refractivity contribution in [3.05, 3.63) is 106 Å². The van der Waals surface area contributed by atoms with E-state index in [1.165, 1.54) is 38.3 Å². The summed E-state index contributed by atoms with van der Waals surface area (Å²) in [7, 11) is 1.30. The average Bonchev–Trinajstić information content (AvgIpc) is 3.68. The maximum Gasteiger partial charge on any atom is 0.333 e. The fourth-order valence-corrected chi connectivity index (χ4v) is 5.81. The Hall–Kier alpha value is -5.21. The topological polar surface area (TPSA) is 142 Å². The summed E-state index contributed by atoms with van der Waals surface area (Å²) in [5, 5.41) is 18.5. The van der Waals surface area contributed by atoms with Crippen LogP contribution in [0.2, 0.25) is 5.02 Å². The summed E-state index contributed by atoms with van der Waals surface area (Å²) in [6.45, 7) is -2.14. The zero-order valence-electron chi connectivity index (χ0n) is 25.2. The van der Waals surface area contributed by atoms with Gasteiger partial charge < -0.3 is 25.6 Å². The third-order valence-electron chi connectivity index (χ3n) is 8.36. The molecule has 2 amide bonds. The second-order valence-corrected chi connectivity index (χ2v) is 11.7. The van der Waals surface area contributed by atoms with E-state index in [4.69, 9.17) is 26.8 Å². The monoisotopic (exact) mass is 683 g/mol. The van der Waals surface area contributed by atoms with Crippen molar-refractivity contribution in [1.29, 1.82) is 0 Å². The molecule has 2 atom stereocenters. The maximum atomic E-state index is 14.7. The van der Waals surface area contributed by atoms with Gasteiger partial charge in [0.25, 0.3) is 5.91 Å². The number of nitrogens with two attached hydrogens (primary N) is 1. The Morgan fingerprint density at radius 1 is 1.19 bits per heavy atom. The molecule has 5 aromatic rings. The highest BCUT2D eigenvalue weighted by atomic mass is 35.5. The molecule has 10 nitrogen and oxygen atoms in total. The molecule has 48 heavy (non-hydrogen) atoms. The van der Waals surface area contributed by atoms with Crippen LogP contribution in [0, 0.1) is 11.6 Å². The van der Waals surface area contributed by atoms with Crippen molar-refractivity contribution in [3.63, 3.8) is 0 Å². The van der Waals surface area contributed by atoms with Crippen LogP contribution in [0.4, 0.5) is 17.6 Å². The highest BCUT2D eigenvalue weighted by Crippen LogP contribution is 2.48. The molecule has 3 heterocycles. The number of carbonyl (C=O) groups is 2. The maximum absolute atomic E-state index is 14.7. The largest absolute Gasteiger partial charge is 0.494 e. The number of benzene rings is 3. The van der Waals surface area contributed by atoms with Crippen LogP contribution < -0.4 is 20.5 Å². The van der Waals surface area contributed by atoms with Crippen LogP contribution in [0.5, 0.6) is 11.5 Å². The Morgan fingerprint density at radius 3 is 2.58 bits per heavy atom. The van der Waals surface area contributed by atoms with Crippen molar-refractivity contribution in [2.75, 3.05) is 20.3 Å². The number of nitrogens with one attached hydrogen (secondary N) is 1. The minimum absolute atomic E-state index is 0.00875. The molecule has 248 valence electrons. The van der Waals surface area contributed by atoms with E-state index >= 15 is 0 Å². The molecule has 0 saturated carbocycles. The zero-order chi connectivity index (χ0) is 34.5. The lowest BCUT2D eigenvalue weighted by molar-refractivity contribution is -0.123. The molecule has 15 heteroatoms. The predicted octanol–water partition coefficient (Wildman–Crippen LogP) is 5.23. The molecule has 0 bridgehead atoms. The highest BCUT2D eigenvalue weighted by molar-refractivity contribution is 6.33. The summed E-state index contributed by atoms with van der Waals surface area (Å²) in [6, 6.07) is 14.2. The number of hydrogen-bond donors (Lipinski definition) is 3. The van der Waals surface area contributed by atoms with E-state index in [0.29, 0.717) is 4.68 Å². The first-order valence-electron chi connectivity index (χ1n) is 14.3. The molecule has 1 aliphatic rings. The summed E-state index contributed by atoms with van der Waals surface area (Å²) in [5.41, 5.74) is 2.48. The molecular formula is C33H26ClF4N5O5. The minimum atomic E-state index is -2.92. The van der Waals surface area contributed by atoms with E-state index in [0.717, 1.165) is 12.3 Å². The molecule has 0 radical (unpaired) electrons. The predicted molar refractivity (Wildman–Crippen MR) is 166 cm³/mol. The van der Waals surface area contributed by atoms with Crippen molar-refractivity contribution in [2.24, 2.45) is 5.73 Å². The number of amides is 2. The molecule has 0 spiro atoms. The molecule has 0 fully saturated rings. The average molecular weight is 684 g/mol. The molecule has 2 aromatic heterocycles. The number of aliphatic hydroxyl groups is 1. The molecule has 0 saturated heterocycles. The van der Waals surface area contributed by atoms with Gasteiger partial charge in [0.2, 0.25) is 5.91 Å². The number of ether oxygens (including phenoxy) is 2. The van der Waals surface area contributed by atoms with E-state index in [1.54, 1.807) is 30.3 Å². The standard InChI is InChI=1S/C33H26ClF4N5O5/c1-32(30(39)45)15-48-28-20(32)12-23(41-27(28)19-8-9-21(35)25(36)24(19)34)33(46,18-6-4-3-5-7-18)14-40-29(44)16-10-17-13-43(31(37)38)42-26(17)22(11-16)47-2/h3-13,31,46H,14-15H2,1-2H3,(H2,39,45)(H,40,44)/t32-,33+/m0/s1. The Kier molecular flexibility index (Phi) is 8.25. The van der Waals surface area contributed by atoms with Gasteiger partial charge in [0.1, 0.15) is 40.3 Å². The van der Waals surface area contributed by atoms with Crippen LogP contribution in [0.25, 0.3) is 22.2 Å². The summed E-state index contributed by atoms with van der Waals surface area (Å²) < 4.78 is 66.9. The van der Waals surface area contributed by atoms with Crippen LogP contribution in [0.1, 0.15) is 40.7 Å². The van der Waals surface area contributed by atoms with Gasteiger partial charge in [-0.05, 0) is 42.8 Å². The zero-order valence-corrected chi connectivity index (χ0v) is 26.0. The fourth-order valence-electron chi connectivity index (χ4n) is 5.56. The Bertz CT molecular complexity index is 2100. The van der Waals surface area contributed by atoms with Crippen molar-refractivity contribution in [1.82, 2.24) is 20.1 Å². The SMILES string of the molecule is COc1cc(C(=O)NC[C@@](O)(c2ccccc2)c2cc3c(c(-c4ccc(F)c(F)c4Cl)n2)OC[C@]3(C)C(N)=O)cc2cn(C(F)F)nc12. The number of alkyl halides is 2. The smallest absolute Gasteiger partial charge is 0.333 e. The lowest BCUT2D eigenvalue weighted by Gasteiger charge is -2.30. The van der Waals surface area contributed by atoms with Crippen molar-refractivity contribution < 1.29 is 41.7 Å². The lowest BCUT2D eigenvalue weighted by atomic mass is 9.80. The number of rotatable bonds is 9. The van der Waals surface area contributed by atoms with Gasteiger partial charge in [-0.2, -0.15) is 13.9 Å². The van der Waals surface area contributed by atoms with E-state index < -0.39 is 52.6 Å². The number of halogens is 5. The van der Waals surface area contributed by atoms with E-state index in [-0.39, 0.29) is 62.7 Å². The normalized spacial score (nSPS) is 16.8. The van der Waals surface area contributed by atoms with Crippen molar-refractivity contribution in [3.8, 4) is 22.8 Å². The second kappa shape index (κ2) is 12.1. The van der Waals surface area contributed by atoms with Crippen LogP contribution in [-0.4, -0.2) is 51.9 Å². The summed E-state index contributed by atoms with van der Waals surface area (Å²) in [6.07, 6.45) is 1.07. The number of carbonyl (C=O) groups excluding carboxylic acids is 2. The number of methoxy groups -OCH3 is 1. The summed E-state index contributed by atoms with van der Waals surface area (Å²) >= 11 is 6.23. The Balaban J connectivity index is 1.48. The van der Waals surface area contributed by atoms with Gasteiger partial charge in [-0.3, -0.25) is 9.59 Å². The van der Waals surface area contributed by atoms with Crippen LogP contribution in [0.15, 0.2) is 66.9 Å². The number of nitrogens with zero attached hydrogens (tertiary/aromatic N) is 3. The minimum Gasteiger partial charge on any atom is -0.494 e. The van der Waals surface area contributed by atoms with Gasteiger partial charge in [0, 0.05) is 28.3 Å². The molecule has 0 unspecified atom stereocenters. The van der Waals surface area contributed by atoms with E-state index in [1.807, 2.05) is 0 Å². The van der Waals surface area contributed by atoms with Crippen molar-refractivity contribution >= 4 is 34.3 Å². The number of hydrogen-bond acceptors (Lipinski definition) is 7. The third kappa shape index (κ3) is 5.36. The van der Waals surface area contributed by atoms with Gasteiger partial charge in [-0.25, -0.2) is 18.4 Å². The van der Waals surface area contributed by atoms with E-state index in [2.05, 4.69) is 15.4 Å². The number of primary amides is 1. The van der Waals surface area contributed by atoms with E-state index in [9.17, 15) is 32.3 Å². The molecule has 6 rings (SSSR count). The molecule has 3 aromatic carbocycles. The van der Waals surface area contributed by atoms with Gasteiger partial charge in [0.15, 0.2) is 11.6 Å². The van der Waals surface area contributed by atoms with Gasteiger partial charge in [0.05, 0.1) is 24.4 Å². The third-order valence-corrected chi connectivity index (χ3v) is 8.73. The van der Waals surface area contributed by atoms with Gasteiger partial charge >= 0.3 is 6.55 Å². The Labute approximate surface area is 275 Å². The van der Waals surface area contributed by atoms with Crippen LogP contribution in [0.3, 0.4) is 0 Å².